The van der Waals surface area contributed by atoms with E-state index in [9.17, 15) is 15.0 Å². The fourth-order valence-corrected chi connectivity index (χ4v) is 3.72. The molecule has 0 saturated heterocycles. The van der Waals surface area contributed by atoms with Crippen LogP contribution in [0.2, 0.25) is 5.02 Å². The number of aliphatic hydroxyl groups excluding tert-OH is 1. The number of nitrogens with one attached hydrogen (secondary N) is 1. The molecule has 0 radical (unpaired) electrons. The first kappa shape index (κ1) is 22.0. The number of aliphatic hydroxyl groups is 1. The highest BCUT2D eigenvalue weighted by atomic mass is 35.5. The van der Waals surface area contributed by atoms with Gasteiger partial charge in [-0.25, -0.2) is 4.79 Å². The van der Waals surface area contributed by atoms with E-state index in [1.807, 2.05) is 32.0 Å². The number of hydrogen-bond acceptors (Lipinski definition) is 3. The second-order valence-electron chi connectivity index (χ2n) is 7.44. The van der Waals surface area contributed by atoms with Crippen molar-refractivity contribution in [3.8, 4) is 11.1 Å². The summed E-state index contributed by atoms with van der Waals surface area (Å²) in [6.45, 7) is 5.02. The van der Waals surface area contributed by atoms with Gasteiger partial charge in [-0.1, -0.05) is 54.1 Å². The van der Waals surface area contributed by atoms with Crippen LogP contribution in [-0.2, 0) is 6.42 Å². The maximum absolute atomic E-state index is 11.3. The standard InChI is InChI=1S/C25H26ClNO3/c1-16-17(2)23(25(29)30)11-10-22(16)19-8-6-18(7-9-19)12-13-27-15-24(28)20-4-3-5-21(26)14-20/h3-11,14,24,27-28H,12-13,15H2,1-2H3,(H,29,30)/t24-/m0/s1. The van der Waals surface area contributed by atoms with Crippen LogP contribution in [0.3, 0.4) is 0 Å². The van der Waals surface area contributed by atoms with Crippen LogP contribution in [0.25, 0.3) is 11.1 Å². The van der Waals surface area contributed by atoms with Crippen molar-refractivity contribution in [1.82, 2.24) is 5.32 Å². The van der Waals surface area contributed by atoms with Gasteiger partial charge < -0.3 is 15.5 Å². The molecule has 0 aliphatic heterocycles. The van der Waals surface area contributed by atoms with Crippen LogP contribution in [-0.4, -0.2) is 29.3 Å². The highest BCUT2D eigenvalue weighted by Crippen LogP contribution is 2.28. The molecule has 0 aromatic heterocycles. The van der Waals surface area contributed by atoms with Gasteiger partial charge in [-0.2, -0.15) is 0 Å². The van der Waals surface area contributed by atoms with Crippen molar-refractivity contribution in [2.45, 2.75) is 26.4 Å². The quantitative estimate of drug-likeness (QED) is 0.436. The topological polar surface area (TPSA) is 69.6 Å². The molecule has 4 nitrogen and oxygen atoms in total. The summed E-state index contributed by atoms with van der Waals surface area (Å²) in [6.07, 6.45) is 0.254. The molecule has 0 fully saturated rings. The number of carboxylic acids is 1. The molecule has 0 spiro atoms. The molecule has 3 aromatic carbocycles. The Morgan fingerprint density at radius 2 is 1.77 bits per heavy atom. The van der Waals surface area contributed by atoms with E-state index in [2.05, 4.69) is 29.6 Å². The van der Waals surface area contributed by atoms with Gasteiger partial charge in [-0.15, -0.1) is 0 Å². The molecule has 0 aliphatic rings. The van der Waals surface area contributed by atoms with Crippen molar-refractivity contribution in [2.75, 3.05) is 13.1 Å². The Kier molecular flexibility index (Phi) is 7.27. The Bertz CT molecular complexity index is 1030. The molecular formula is C25H26ClNO3. The van der Waals surface area contributed by atoms with Gasteiger partial charge in [-0.05, 0) is 78.4 Å². The van der Waals surface area contributed by atoms with Gasteiger partial charge in [0.1, 0.15) is 0 Å². The van der Waals surface area contributed by atoms with Gasteiger partial charge in [0.25, 0.3) is 0 Å². The summed E-state index contributed by atoms with van der Waals surface area (Å²) in [5, 5.41) is 23.4. The van der Waals surface area contributed by atoms with Crippen LogP contribution >= 0.6 is 11.6 Å². The predicted molar refractivity (Wildman–Crippen MR) is 121 cm³/mol. The minimum atomic E-state index is -0.898. The third kappa shape index (κ3) is 5.28. The Labute approximate surface area is 182 Å². The van der Waals surface area contributed by atoms with Crippen LogP contribution in [0.4, 0.5) is 0 Å². The van der Waals surface area contributed by atoms with E-state index in [4.69, 9.17) is 11.6 Å². The largest absolute Gasteiger partial charge is 0.478 e. The number of aromatic carboxylic acids is 1. The van der Waals surface area contributed by atoms with E-state index in [-0.39, 0.29) is 0 Å². The van der Waals surface area contributed by atoms with Crippen molar-refractivity contribution >= 4 is 17.6 Å². The zero-order chi connectivity index (χ0) is 21.7. The van der Waals surface area contributed by atoms with Crippen LogP contribution in [0.1, 0.15) is 38.7 Å². The van der Waals surface area contributed by atoms with Crippen molar-refractivity contribution in [2.24, 2.45) is 0 Å². The molecule has 3 N–H and O–H groups in total. The van der Waals surface area contributed by atoms with Crippen LogP contribution in [0.15, 0.2) is 60.7 Å². The average molecular weight is 424 g/mol. The third-order valence-corrected chi connectivity index (χ3v) is 5.68. The van der Waals surface area contributed by atoms with Gasteiger partial charge >= 0.3 is 5.97 Å². The van der Waals surface area contributed by atoms with E-state index in [0.29, 0.717) is 17.1 Å². The van der Waals surface area contributed by atoms with E-state index < -0.39 is 12.1 Å². The van der Waals surface area contributed by atoms with Gasteiger partial charge in [0.15, 0.2) is 0 Å². The predicted octanol–water partition coefficient (Wildman–Crippen LogP) is 5.19. The van der Waals surface area contributed by atoms with E-state index in [0.717, 1.165) is 40.8 Å². The molecule has 156 valence electrons. The highest BCUT2D eigenvalue weighted by Gasteiger charge is 2.12. The van der Waals surface area contributed by atoms with Crippen molar-refractivity contribution in [3.63, 3.8) is 0 Å². The number of rotatable bonds is 8. The molecule has 1 atom stereocenters. The van der Waals surface area contributed by atoms with Crippen molar-refractivity contribution < 1.29 is 15.0 Å². The fraction of sp³-hybridized carbons (Fsp3) is 0.240. The Hall–Kier alpha value is -2.66. The van der Waals surface area contributed by atoms with Gasteiger partial charge in [0, 0.05) is 11.6 Å². The van der Waals surface area contributed by atoms with Crippen LogP contribution in [0.5, 0.6) is 0 Å². The summed E-state index contributed by atoms with van der Waals surface area (Å²) in [6, 6.07) is 19.1. The second-order valence-corrected chi connectivity index (χ2v) is 7.87. The van der Waals surface area contributed by atoms with E-state index in [1.54, 1.807) is 18.2 Å². The minimum absolute atomic E-state index is 0.346. The second kappa shape index (κ2) is 9.90. The third-order valence-electron chi connectivity index (χ3n) is 5.44. The normalized spacial score (nSPS) is 12.0. The molecule has 0 saturated carbocycles. The summed E-state index contributed by atoms with van der Waals surface area (Å²) in [5.74, 6) is -0.898. The Morgan fingerprint density at radius 3 is 2.43 bits per heavy atom. The summed E-state index contributed by atoms with van der Waals surface area (Å²) >= 11 is 5.97. The van der Waals surface area contributed by atoms with E-state index >= 15 is 0 Å². The van der Waals surface area contributed by atoms with Crippen molar-refractivity contribution in [3.05, 3.63) is 93.5 Å². The van der Waals surface area contributed by atoms with Crippen LogP contribution in [0, 0.1) is 13.8 Å². The lowest BCUT2D eigenvalue weighted by Gasteiger charge is -2.13. The molecular weight excluding hydrogens is 398 g/mol. The molecule has 0 heterocycles. The summed E-state index contributed by atoms with van der Waals surface area (Å²) in [5.41, 5.74) is 6.25. The van der Waals surface area contributed by atoms with Crippen molar-refractivity contribution in [1.29, 1.82) is 0 Å². The smallest absolute Gasteiger partial charge is 0.335 e. The maximum Gasteiger partial charge on any atom is 0.335 e. The number of benzene rings is 3. The number of hydrogen-bond donors (Lipinski definition) is 3. The number of halogens is 1. The number of carboxylic acid groups (broad SMARTS) is 1. The first-order valence-electron chi connectivity index (χ1n) is 9.94. The SMILES string of the molecule is Cc1c(C(=O)O)ccc(-c2ccc(CCNC[C@H](O)c3cccc(Cl)c3)cc2)c1C. The summed E-state index contributed by atoms with van der Waals surface area (Å²) in [7, 11) is 0. The number of carbonyl (C=O) groups is 1. The molecule has 0 bridgehead atoms. The van der Waals surface area contributed by atoms with Gasteiger partial charge in [0.05, 0.1) is 11.7 Å². The lowest BCUT2D eigenvalue weighted by atomic mass is 9.93. The van der Waals surface area contributed by atoms with Gasteiger partial charge in [0.2, 0.25) is 0 Å². The molecule has 30 heavy (non-hydrogen) atoms. The Balaban J connectivity index is 1.56. The lowest BCUT2D eigenvalue weighted by Crippen LogP contribution is -2.23. The zero-order valence-electron chi connectivity index (χ0n) is 17.2. The molecule has 3 aromatic rings. The molecule has 0 unspecified atom stereocenters. The monoisotopic (exact) mass is 423 g/mol. The molecule has 0 amide bonds. The molecule has 0 aliphatic carbocycles. The highest BCUT2D eigenvalue weighted by molar-refractivity contribution is 6.30. The Morgan fingerprint density at radius 1 is 1.03 bits per heavy atom. The first-order valence-corrected chi connectivity index (χ1v) is 10.3. The van der Waals surface area contributed by atoms with Gasteiger partial charge in [-0.3, -0.25) is 0 Å². The maximum atomic E-state index is 11.3. The zero-order valence-corrected chi connectivity index (χ0v) is 17.9. The molecule has 5 heteroatoms. The first-order chi connectivity index (χ1) is 14.4. The van der Waals surface area contributed by atoms with Crippen LogP contribution < -0.4 is 5.32 Å². The fourth-order valence-electron chi connectivity index (χ4n) is 3.52. The average Bonchev–Trinajstić information content (AvgIpc) is 2.73. The lowest BCUT2D eigenvalue weighted by molar-refractivity contribution is 0.0696. The van der Waals surface area contributed by atoms with E-state index in [1.165, 1.54) is 5.56 Å². The molecule has 3 rings (SSSR count). The minimum Gasteiger partial charge on any atom is -0.478 e. The summed E-state index contributed by atoms with van der Waals surface area (Å²) in [4.78, 5) is 11.3. The summed E-state index contributed by atoms with van der Waals surface area (Å²) < 4.78 is 0.